The molecule has 0 amide bonds. The van der Waals surface area contributed by atoms with E-state index in [1.807, 2.05) is 11.9 Å². The molecule has 1 N–H and O–H groups in total. The van der Waals surface area contributed by atoms with Crippen LogP contribution in [0.5, 0.6) is 5.75 Å². The molecule has 0 bridgehead atoms. The summed E-state index contributed by atoms with van der Waals surface area (Å²) in [6.45, 7) is 3.28. The highest BCUT2D eigenvalue weighted by Crippen LogP contribution is 2.37. The van der Waals surface area contributed by atoms with Crippen LogP contribution >= 0.6 is 0 Å². The first kappa shape index (κ1) is 13.0. The van der Waals surface area contributed by atoms with Crippen LogP contribution in [0.3, 0.4) is 0 Å². The highest BCUT2D eigenvalue weighted by molar-refractivity contribution is 5.99. The van der Waals surface area contributed by atoms with Crippen LogP contribution in [0.25, 0.3) is 0 Å². The molecule has 2 unspecified atom stereocenters. The molecule has 1 aliphatic rings. The summed E-state index contributed by atoms with van der Waals surface area (Å²) < 4.78 is 13.0. The van der Waals surface area contributed by atoms with E-state index in [1.165, 1.54) is 12.5 Å². The number of phenolic OH excluding ortho intramolecular Hbond substituents is 1. The fourth-order valence-corrected chi connectivity index (χ4v) is 2.18. The quantitative estimate of drug-likeness (QED) is 0.816. The Labute approximate surface area is 106 Å². The zero-order valence-corrected chi connectivity index (χ0v) is 10.7. The number of phenols is 1. The van der Waals surface area contributed by atoms with Crippen LogP contribution in [-0.4, -0.2) is 35.9 Å². The predicted molar refractivity (Wildman–Crippen MR) is 67.2 cm³/mol. The zero-order valence-electron chi connectivity index (χ0n) is 10.7. The van der Waals surface area contributed by atoms with E-state index >= 15 is 0 Å². The maximum absolute atomic E-state index is 13.0. The molecule has 1 aliphatic carbocycles. The lowest BCUT2D eigenvalue weighted by molar-refractivity contribution is 0.0940. The van der Waals surface area contributed by atoms with Crippen molar-refractivity contribution in [2.75, 3.05) is 20.1 Å². The lowest BCUT2D eigenvalue weighted by Gasteiger charge is -2.15. The van der Waals surface area contributed by atoms with Crippen molar-refractivity contribution in [1.82, 2.24) is 4.90 Å². The van der Waals surface area contributed by atoms with E-state index in [4.69, 9.17) is 0 Å². The van der Waals surface area contributed by atoms with Crippen LogP contribution in [-0.2, 0) is 0 Å². The topological polar surface area (TPSA) is 40.5 Å². The van der Waals surface area contributed by atoms with Crippen LogP contribution in [0.4, 0.5) is 4.39 Å². The summed E-state index contributed by atoms with van der Waals surface area (Å²) in [5, 5.41) is 9.55. The number of hydrogen-bond donors (Lipinski definition) is 1. The standard InChI is InChI=1S/C14H18FNO2/c1-9-5-10(9)7-16(2)8-14(18)12-6-11(15)3-4-13(12)17/h3-4,6,9-10,17H,5,7-8H2,1-2H3. The minimum atomic E-state index is -0.505. The molecule has 1 saturated carbocycles. The van der Waals surface area contributed by atoms with Gasteiger partial charge in [0.1, 0.15) is 11.6 Å². The van der Waals surface area contributed by atoms with E-state index in [9.17, 15) is 14.3 Å². The third-order valence-corrected chi connectivity index (χ3v) is 3.49. The van der Waals surface area contributed by atoms with E-state index in [2.05, 4.69) is 6.92 Å². The SMILES string of the molecule is CC1CC1CN(C)CC(=O)c1cc(F)ccc1O. The summed E-state index contributed by atoms with van der Waals surface area (Å²) in [7, 11) is 1.87. The van der Waals surface area contributed by atoms with Gasteiger partial charge in [-0.15, -0.1) is 0 Å². The fraction of sp³-hybridized carbons (Fsp3) is 0.500. The molecule has 0 saturated heterocycles. The van der Waals surface area contributed by atoms with Gasteiger partial charge in [0.05, 0.1) is 12.1 Å². The van der Waals surface area contributed by atoms with Gasteiger partial charge in [-0.1, -0.05) is 6.92 Å². The van der Waals surface area contributed by atoms with E-state index in [0.717, 1.165) is 24.6 Å². The lowest BCUT2D eigenvalue weighted by Crippen LogP contribution is -2.28. The molecule has 2 rings (SSSR count). The number of aromatic hydroxyl groups is 1. The Balaban J connectivity index is 1.96. The molecule has 1 aromatic rings. The number of rotatable bonds is 5. The first-order valence-corrected chi connectivity index (χ1v) is 6.17. The van der Waals surface area contributed by atoms with Crippen molar-refractivity contribution in [3.05, 3.63) is 29.6 Å². The van der Waals surface area contributed by atoms with Crippen LogP contribution in [0.1, 0.15) is 23.7 Å². The van der Waals surface area contributed by atoms with Gasteiger partial charge in [0, 0.05) is 6.54 Å². The Morgan fingerprint density at radius 1 is 1.56 bits per heavy atom. The molecule has 1 aromatic carbocycles. The van der Waals surface area contributed by atoms with E-state index in [1.54, 1.807) is 0 Å². The van der Waals surface area contributed by atoms with Gasteiger partial charge >= 0.3 is 0 Å². The summed E-state index contributed by atoms with van der Waals surface area (Å²) in [6, 6.07) is 3.44. The molecule has 0 aromatic heterocycles. The smallest absolute Gasteiger partial charge is 0.180 e. The molecule has 98 valence electrons. The summed E-state index contributed by atoms with van der Waals surface area (Å²) >= 11 is 0. The summed E-state index contributed by atoms with van der Waals surface area (Å²) in [6.07, 6.45) is 1.21. The van der Waals surface area contributed by atoms with Crippen LogP contribution in [0.2, 0.25) is 0 Å². The monoisotopic (exact) mass is 251 g/mol. The first-order valence-electron chi connectivity index (χ1n) is 6.17. The van der Waals surface area contributed by atoms with Gasteiger partial charge in [-0.05, 0) is 43.5 Å². The Morgan fingerprint density at radius 3 is 2.83 bits per heavy atom. The summed E-state index contributed by atoms with van der Waals surface area (Å²) in [5.74, 6) is 0.501. The number of carbonyl (C=O) groups excluding carboxylic acids is 1. The van der Waals surface area contributed by atoms with E-state index in [0.29, 0.717) is 5.92 Å². The van der Waals surface area contributed by atoms with Gasteiger partial charge in [0.2, 0.25) is 0 Å². The molecule has 1 fully saturated rings. The van der Waals surface area contributed by atoms with Crippen LogP contribution < -0.4 is 0 Å². The van der Waals surface area contributed by atoms with Gasteiger partial charge in [-0.2, -0.15) is 0 Å². The van der Waals surface area contributed by atoms with Crippen molar-refractivity contribution in [3.63, 3.8) is 0 Å². The highest BCUT2D eigenvalue weighted by Gasteiger charge is 2.33. The number of benzene rings is 1. The molecular formula is C14H18FNO2. The molecule has 4 heteroatoms. The lowest BCUT2D eigenvalue weighted by atomic mass is 10.1. The van der Waals surface area contributed by atoms with Crippen molar-refractivity contribution < 1.29 is 14.3 Å². The number of carbonyl (C=O) groups is 1. The van der Waals surface area contributed by atoms with Crippen molar-refractivity contribution in [2.45, 2.75) is 13.3 Å². The third kappa shape index (κ3) is 3.07. The van der Waals surface area contributed by atoms with Crippen LogP contribution in [0.15, 0.2) is 18.2 Å². The van der Waals surface area contributed by atoms with Crippen LogP contribution in [0, 0.1) is 17.7 Å². The van der Waals surface area contributed by atoms with Crippen molar-refractivity contribution in [2.24, 2.45) is 11.8 Å². The van der Waals surface area contributed by atoms with Gasteiger partial charge in [0.25, 0.3) is 0 Å². The van der Waals surface area contributed by atoms with Crippen molar-refractivity contribution in [1.29, 1.82) is 0 Å². The Bertz CT molecular complexity index is 461. The molecule has 0 spiro atoms. The summed E-state index contributed by atoms with van der Waals surface area (Å²) in [4.78, 5) is 13.9. The largest absolute Gasteiger partial charge is 0.507 e. The highest BCUT2D eigenvalue weighted by atomic mass is 19.1. The van der Waals surface area contributed by atoms with Gasteiger partial charge in [-0.25, -0.2) is 4.39 Å². The molecule has 0 heterocycles. The number of hydrogen-bond acceptors (Lipinski definition) is 3. The Morgan fingerprint density at radius 2 is 2.22 bits per heavy atom. The average molecular weight is 251 g/mol. The second kappa shape index (κ2) is 5.06. The number of Topliss-reactive ketones (excluding diaryl/α,β-unsaturated/α-hetero) is 1. The second-order valence-corrected chi connectivity index (χ2v) is 5.25. The maximum Gasteiger partial charge on any atom is 0.180 e. The molecule has 18 heavy (non-hydrogen) atoms. The van der Waals surface area contributed by atoms with E-state index in [-0.39, 0.29) is 23.6 Å². The Kier molecular flexibility index (Phi) is 3.66. The van der Waals surface area contributed by atoms with Crippen molar-refractivity contribution in [3.8, 4) is 5.75 Å². The molecule has 3 nitrogen and oxygen atoms in total. The normalized spacial score (nSPS) is 22.2. The predicted octanol–water partition coefficient (Wildman–Crippen LogP) is 2.30. The zero-order chi connectivity index (χ0) is 13.3. The number of nitrogens with zero attached hydrogens (tertiary/aromatic N) is 1. The number of ketones is 1. The first-order chi connectivity index (χ1) is 8.47. The maximum atomic E-state index is 13.0. The van der Waals surface area contributed by atoms with Gasteiger partial charge in [-0.3, -0.25) is 9.69 Å². The molecule has 2 atom stereocenters. The number of halogens is 1. The van der Waals surface area contributed by atoms with Gasteiger partial charge < -0.3 is 5.11 Å². The molecule has 0 aliphatic heterocycles. The summed E-state index contributed by atoms with van der Waals surface area (Å²) in [5.41, 5.74) is 0.0608. The Hall–Kier alpha value is -1.42. The van der Waals surface area contributed by atoms with Gasteiger partial charge in [0.15, 0.2) is 5.78 Å². The third-order valence-electron chi connectivity index (χ3n) is 3.49. The average Bonchev–Trinajstić information content (AvgIpc) is 2.97. The number of likely N-dealkylation sites (N-methyl/N-ethyl adjacent to an activating group) is 1. The molecule has 0 radical (unpaired) electrons. The van der Waals surface area contributed by atoms with E-state index < -0.39 is 5.82 Å². The minimum Gasteiger partial charge on any atom is -0.507 e. The minimum absolute atomic E-state index is 0.0608. The fourth-order valence-electron chi connectivity index (χ4n) is 2.18. The second-order valence-electron chi connectivity index (χ2n) is 5.25. The van der Waals surface area contributed by atoms with Crippen molar-refractivity contribution >= 4 is 5.78 Å². The molecular weight excluding hydrogens is 233 g/mol.